The van der Waals surface area contributed by atoms with E-state index in [0.717, 1.165) is 0 Å². The van der Waals surface area contributed by atoms with Gasteiger partial charge in [0.2, 0.25) is 0 Å². The van der Waals surface area contributed by atoms with Gasteiger partial charge in [-0.1, -0.05) is 20.8 Å². The molecule has 0 amide bonds. The third-order valence-corrected chi connectivity index (χ3v) is 7.60. The van der Waals surface area contributed by atoms with Crippen molar-refractivity contribution in [3.63, 3.8) is 0 Å². The van der Waals surface area contributed by atoms with Gasteiger partial charge in [-0.15, -0.1) is 0 Å². The van der Waals surface area contributed by atoms with Gasteiger partial charge in [-0.05, 0) is 32.0 Å². The van der Waals surface area contributed by atoms with Gasteiger partial charge < -0.3 is 10.2 Å². The summed E-state index contributed by atoms with van der Waals surface area (Å²) in [6.07, 6.45) is 0.167. The van der Waals surface area contributed by atoms with Crippen molar-refractivity contribution < 1.29 is 4.43 Å². The van der Waals surface area contributed by atoms with Crippen molar-refractivity contribution in [3.8, 4) is 0 Å². The zero-order valence-electron chi connectivity index (χ0n) is 10.1. The molecular weight excluding hydrogens is 178 g/mol. The van der Waals surface area contributed by atoms with Gasteiger partial charge in [0.15, 0.2) is 8.32 Å². The number of nitrogens with two attached hydrogens (primary N) is 1. The normalized spacial score (nSPS) is 18.5. The summed E-state index contributed by atoms with van der Waals surface area (Å²) in [4.78, 5) is 0. The molecule has 0 saturated carbocycles. The van der Waals surface area contributed by atoms with Crippen molar-refractivity contribution >= 4 is 8.32 Å². The zero-order chi connectivity index (χ0) is 10.9. The first-order valence-corrected chi connectivity index (χ1v) is 7.92. The molecule has 0 spiro atoms. The van der Waals surface area contributed by atoms with E-state index in [0.29, 0.717) is 0 Å². The second-order valence-corrected chi connectivity index (χ2v) is 10.2. The van der Waals surface area contributed by atoms with Gasteiger partial charge in [0, 0.05) is 6.04 Å². The summed E-state index contributed by atoms with van der Waals surface area (Å²) in [6.45, 7) is 15.3. The van der Waals surface area contributed by atoms with E-state index in [1.165, 1.54) is 0 Å². The Labute approximate surface area is 84.0 Å². The quantitative estimate of drug-likeness (QED) is 0.716. The molecule has 0 aliphatic carbocycles. The fourth-order valence-corrected chi connectivity index (χ4v) is 2.25. The Morgan fingerprint density at radius 2 is 1.54 bits per heavy atom. The largest absolute Gasteiger partial charge is 0.413 e. The molecule has 0 fully saturated rings. The average Bonchev–Trinajstić information content (AvgIpc) is 1.83. The fourth-order valence-electron chi connectivity index (χ4n) is 0.749. The third-order valence-electron chi connectivity index (χ3n) is 3.03. The second kappa shape index (κ2) is 4.11. The molecule has 2 N–H and O–H groups in total. The molecule has 0 rings (SSSR count). The highest BCUT2D eigenvalue weighted by atomic mass is 28.4. The maximum absolute atomic E-state index is 6.08. The van der Waals surface area contributed by atoms with Crippen LogP contribution in [0.25, 0.3) is 0 Å². The molecule has 0 aliphatic heterocycles. The Kier molecular flexibility index (Phi) is 4.15. The molecule has 0 aromatic carbocycles. The average molecular weight is 203 g/mol. The van der Waals surface area contributed by atoms with E-state index >= 15 is 0 Å². The van der Waals surface area contributed by atoms with Crippen LogP contribution in [-0.2, 0) is 4.43 Å². The number of hydrogen-bond acceptors (Lipinski definition) is 2. The van der Waals surface area contributed by atoms with Crippen LogP contribution in [-0.4, -0.2) is 20.5 Å². The first-order valence-electron chi connectivity index (χ1n) is 5.01. The van der Waals surface area contributed by atoms with Gasteiger partial charge in [0.1, 0.15) is 0 Å². The number of rotatable bonds is 3. The standard InChI is InChI=1S/C10H25NOSi/c1-8(11)9(2)12-13(6,7)10(3,4)5/h8-9H,11H2,1-7H3/t8-,9+/m1/s1. The summed E-state index contributed by atoms with van der Waals surface area (Å²) in [7, 11) is -1.61. The van der Waals surface area contributed by atoms with Gasteiger partial charge in [-0.3, -0.25) is 0 Å². The van der Waals surface area contributed by atoms with Gasteiger partial charge >= 0.3 is 0 Å². The lowest BCUT2D eigenvalue weighted by molar-refractivity contribution is 0.176. The van der Waals surface area contributed by atoms with Crippen molar-refractivity contribution in [2.45, 2.75) is 64.9 Å². The Morgan fingerprint density at radius 1 is 1.15 bits per heavy atom. The van der Waals surface area contributed by atoms with Gasteiger partial charge in [-0.25, -0.2) is 0 Å². The summed E-state index contributed by atoms with van der Waals surface area (Å²) in [5.41, 5.74) is 5.78. The van der Waals surface area contributed by atoms with Gasteiger partial charge in [-0.2, -0.15) is 0 Å². The minimum absolute atomic E-state index is 0.120. The van der Waals surface area contributed by atoms with Crippen molar-refractivity contribution in [2.75, 3.05) is 0 Å². The summed E-state index contributed by atoms with van der Waals surface area (Å²) in [5, 5.41) is 0.274. The van der Waals surface area contributed by atoms with Gasteiger partial charge in [0.05, 0.1) is 6.10 Å². The van der Waals surface area contributed by atoms with Crippen LogP contribution in [0.3, 0.4) is 0 Å². The maximum Gasteiger partial charge on any atom is 0.192 e. The van der Waals surface area contributed by atoms with E-state index in [-0.39, 0.29) is 17.2 Å². The molecule has 0 unspecified atom stereocenters. The summed E-state index contributed by atoms with van der Waals surface area (Å²) in [5.74, 6) is 0. The maximum atomic E-state index is 6.08. The topological polar surface area (TPSA) is 35.2 Å². The summed E-state index contributed by atoms with van der Waals surface area (Å²) in [6, 6.07) is 0.120. The molecular formula is C10H25NOSi. The molecule has 0 heterocycles. The highest BCUT2D eigenvalue weighted by Crippen LogP contribution is 2.37. The van der Waals surface area contributed by atoms with Gasteiger partial charge in [0.25, 0.3) is 0 Å². The van der Waals surface area contributed by atoms with Crippen LogP contribution in [0.5, 0.6) is 0 Å². The van der Waals surface area contributed by atoms with E-state index < -0.39 is 8.32 Å². The van der Waals surface area contributed by atoms with Crippen LogP contribution in [0.4, 0.5) is 0 Å². The lowest BCUT2D eigenvalue weighted by Crippen LogP contribution is -2.47. The molecule has 0 saturated heterocycles. The lowest BCUT2D eigenvalue weighted by Gasteiger charge is -2.39. The number of hydrogen-bond donors (Lipinski definition) is 1. The van der Waals surface area contributed by atoms with Crippen LogP contribution in [0, 0.1) is 0 Å². The first kappa shape index (κ1) is 13.1. The predicted molar refractivity (Wildman–Crippen MR) is 61.4 cm³/mol. The Balaban J connectivity index is 4.34. The minimum Gasteiger partial charge on any atom is -0.413 e. The summed E-state index contributed by atoms with van der Waals surface area (Å²) >= 11 is 0. The molecule has 2 atom stereocenters. The predicted octanol–water partition coefficient (Wildman–Crippen LogP) is 2.74. The monoisotopic (exact) mass is 203 g/mol. The molecule has 13 heavy (non-hydrogen) atoms. The molecule has 0 aliphatic rings. The van der Waals surface area contributed by atoms with Crippen molar-refractivity contribution in [3.05, 3.63) is 0 Å². The van der Waals surface area contributed by atoms with Crippen molar-refractivity contribution in [1.29, 1.82) is 0 Å². The second-order valence-electron chi connectivity index (χ2n) is 5.44. The smallest absolute Gasteiger partial charge is 0.192 e. The fraction of sp³-hybridized carbons (Fsp3) is 1.00. The van der Waals surface area contributed by atoms with E-state index in [9.17, 15) is 0 Å². The molecule has 0 aromatic heterocycles. The van der Waals surface area contributed by atoms with Crippen LogP contribution in [0.2, 0.25) is 18.1 Å². The van der Waals surface area contributed by atoms with Crippen LogP contribution < -0.4 is 5.73 Å². The molecule has 2 nitrogen and oxygen atoms in total. The Morgan fingerprint density at radius 3 is 1.77 bits per heavy atom. The Hall–Kier alpha value is 0.137. The lowest BCUT2D eigenvalue weighted by atomic mass is 10.2. The van der Waals surface area contributed by atoms with E-state index in [1.54, 1.807) is 0 Å². The van der Waals surface area contributed by atoms with Crippen molar-refractivity contribution in [2.24, 2.45) is 5.73 Å². The van der Waals surface area contributed by atoms with E-state index in [4.69, 9.17) is 10.2 Å². The molecule has 0 radical (unpaired) electrons. The minimum atomic E-state index is -1.61. The van der Waals surface area contributed by atoms with Crippen molar-refractivity contribution in [1.82, 2.24) is 0 Å². The SMILES string of the molecule is C[C@H](O[Si](C)(C)C(C)(C)C)[C@@H](C)N. The molecule has 3 heteroatoms. The molecule has 0 aromatic rings. The zero-order valence-corrected chi connectivity index (χ0v) is 11.1. The van der Waals surface area contributed by atoms with E-state index in [1.807, 2.05) is 6.92 Å². The molecule has 0 bridgehead atoms. The highest BCUT2D eigenvalue weighted by Gasteiger charge is 2.38. The first-order chi connectivity index (χ1) is 5.58. The van der Waals surface area contributed by atoms with Crippen LogP contribution in [0.1, 0.15) is 34.6 Å². The Bertz CT molecular complexity index is 161. The van der Waals surface area contributed by atoms with E-state index in [2.05, 4.69) is 40.8 Å². The van der Waals surface area contributed by atoms with Crippen LogP contribution in [0.15, 0.2) is 0 Å². The molecule has 80 valence electrons. The third kappa shape index (κ3) is 3.79. The summed E-state index contributed by atoms with van der Waals surface area (Å²) < 4.78 is 6.08. The van der Waals surface area contributed by atoms with Crippen LogP contribution >= 0.6 is 0 Å². The highest BCUT2D eigenvalue weighted by molar-refractivity contribution is 6.74.